The number of alkyl halides is 1. The molecule has 8 heteroatoms. The third-order valence-corrected chi connectivity index (χ3v) is 7.25. The molecule has 0 radical (unpaired) electrons. The van der Waals surface area contributed by atoms with Gasteiger partial charge in [0.25, 0.3) is 0 Å². The molecule has 1 aliphatic rings. The van der Waals surface area contributed by atoms with Gasteiger partial charge >= 0.3 is 0 Å². The Morgan fingerprint density at radius 3 is 2.38 bits per heavy atom. The number of aryl methyl sites for hydroxylation is 1. The average Bonchev–Trinajstić information content (AvgIpc) is 2.63. The van der Waals surface area contributed by atoms with Crippen LogP contribution in [0.25, 0.3) is 0 Å². The molecule has 0 spiro atoms. The zero-order chi connectivity index (χ0) is 15.7. The van der Waals surface area contributed by atoms with Crippen LogP contribution in [0.2, 0.25) is 0 Å². The zero-order valence-electron chi connectivity index (χ0n) is 11.7. The van der Waals surface area contributed by atoms with Gasteiger partial charge in [-0.3, -0.25) is 0 Å². The number of hydrogen-bond acceptors (Lipinski definition) is 4. The molecule has 1 aromatic carbocycles. The predicted molar refractivity (Wildman–Crippen MR) is 82.9 cm³/mol. The Morgan fingerprint density at radius 1 is 1.29 bits per heavy atom. The van der Waals surface area contributed by atoms with Crippen molar-refractivity contribution in [2.24, 2.45) is 0 Å². The fourth-order valence-electron chi connectivity index (χ4n) is 2.42. The van der Waals surface area contributed by atoms with Crippen LogP contribution in [0.5, 0.6) is 0 Å². The van der Waals surface area contributed by atoms with Gasteiger partial charge in [-0.25, -0.2) is 21.6 Å². The molecule has 1 aromatic rings. The number of sulfone groups is 1. The molecule has 1 unspecified atom stereocenters. The smallest absolute Gasteiger partial charge is 0.229 e. The second-order valence-corrected chi connectivity index (χ2v) is 9.84. The Hall–Kier alpha value is -0.630. The van der Waals surface area contributed by atoms with E-state index in [4.69, 9.17) is 11.6 Å². The van der Waals surface area contributed by atoms with Crippen LogP contribution in [0, 0.1) is 0 Å². The van der Waals surface area contributed by atoms with E-state index >= 15 is 0 Å². The lowest BCUT2D eigenvalue weighted by molar-refractivity contribution is 0.462. The van der Waals surface area contributed by atoms with Crippen LogP contribution < -0.4 is 4.72 Å². The van der Waals surface area contributed by atoms with Gasteiger partial charge in [0.2, 0.25) is 10.0 Å². The summed E-state index contributed by atoms with van der Waals surface area (Å²) in [5, 5.41) is 0. The predicted octanol–water partition coefficient (Wildman–Crippen LogP) is 1.32. The zero-order valence-corrected chi connectivity index (χ0v) is 14.1. The average molecular weight is 352 g/mol. The van der Waals surface area contributed by atoms with Crippen LogP contribution in [0.15, 0.2) is 29.2 Å². The molecule has 21 heavy (non-hydrogen) atoms. The molecule has 0 saturated carbocycles. The molecule has 0 bridgehead atoms. The molecule has 2 rings (SSSR count). The Balaban J connectivity index is 2.19. The number of halogens is 1. The molecule has 1 atom stereocenters. The van der Waals surface area contributed by atoms with Gasteiger partial charge in [-0.1, -0.05) is 12.1 Å². The summed E-state index contributed by atoms with van der Waals surface area (Å²) in [4.78, 5) is 0.131. The van der Waals surface area contributed by atoms with Gasteiger partial charge in [-0.15, -0.1) is 11.6 Å². The van der Waals surface area contributed by atoms with Crippen LogP contribution in [0.3, 0.4) is 0 Å². The first kappa shape index (κ1) is 16.7. The van der Waals surface area contributed by atoms with Crippen molar-refractivity contribution in [3.05, 3.63) is 29.8 Å². The first-order valence-corrected chi connectivity index (χ1v) is 10.4. The minimum absolute atomic E-state index is 0.0146. The maximum atomic E-state index is 12.3. The molecule has 1 aliphatic heterocycles. The number of hydrogen-bond donors (Lipinski definition) is 1. The first-order chi connectivity index (χ1) is 9.66. The molecule has 1 N–H and O–H groups in total. The molecule has 1 heterocycles. The molecule has 1 saturated heterocycles. The lowest BCUT2D eigenvalue weighted by Crippen LogP contribution is -2.46. The Bertz CT molecular complexity index is 713. The maximum absolute atomic E-state index is 12.3. The second-order valence-electron chi connectivity index (χ2n) is 5.59. The van der Waals surface area contributed by atoms with E-state index in [1.165, 1.54) is 12.1 Å². The van der Waals surface area contributed by atoms with Crippen molar-refractivity contribution in [1.29, 1.82) is 0 Å². The van der Waals surface area contributed by atoms with Gasteiger partial charge in [0.05, 0.1) is 16.4 Å². The molecule has 0 aliphatic carbocycles. The third-order valence-electron chi connectivity index (χ3n) is 3.50. The highest BCUT2D eigenvalue weighted by Crippen LogP contribution is 2.25. The van der Waals surface area contributed by atoms with Crippen LogP contribution in [-0.4, -0.2) is 39.8 Å². The number of rotatable bonds is 5. The lowest BCUT2D eigenvalue weighted by atomic mass is 10.0. The Morgan fingerprint density at radius 2 is 1.90 bits per heavy atom. The van der Waals surface area contributed by atoms with Crippen molar-refractivity contribution in [1.82, 2.24) is 4.72 Å². The van der Waals surface area contributed by atoms with Crippen LogP contribution in [0.1, 0.15) is 18.9 Å². The van der Waals surface area contributed by atoms with Crippen LogP contribution in [-0.2, 0) is 26.3 Å². The van der Waals surface area contributed by atoms with E-state index < -0.39 is 25.4 Å². The minimum Gasteiger partial charge on any atom is -0.229 e. The monoisotopic (exact) mass is 351 g/mol. The van der Waals surface area contributed by atoms with E-state index in [0.717, 1.165) is 5.56 Å². The van der Waals surface area contributed by atoms with Crippen molar-refractivity contribution in [2.45, 2.75) is 30.2 Å². The largest absolute Gasteiger partial charge is 0.241 e. The SMILES string of the molecule is CC1(NS(=O)(=O)c2ccc(CCCl)cc2)CCS(=O)(=O)C1. The van der Waals surface area contributed by atoms with Crippen molar-refractivity contribution in [2.75, 3.05) is 17.4 Å². The molecule has 1 fully saturated rings. The van der Waals surface area contributed by atoms with E-state index in [2.05, 4.69) is 4.72 Å². The summed E-state index contributed by atoms with van der Waals surface area (Å²) in [5.74, 6) is 0.324. The normalized spacial score (nSPS) is 25.0. The highest BCUT2D eigenvalue weighted by molar-refractivity contribution is 7.92. The van der Waals surface area contributed by atoms with Crippen LogP contribution in [0.4, 0.5) is 0 Å². The maximum Gasteiger partial charge on any atom is 0.241 e. The van der Waals surface area contributed by atoms with Gasteiger partial charge in [-0.2, -0.15) is 0 Å². The molecule has 5 nitrogen and oxygen atoms in total. The molecule has 118 valence electrons. The van der Waals surface area contributed by atoms with Crippen molar-refractivity contribution >= 4 is 31.5 Å². The highest BCUT2D eigenvalue weighted by atomic mass is 35.5. The first-order valence-electron chi connectivity index (χ1n) is 6.55. The fraction of sp³-hybridized carbons (Fsp3) is 0.538. The number of benzene rings is 1. The van der Waals surface area contributed by atoms with Gasteiger partial charge in [0, 0.05) is 11.4 Å². The summed E-state index contributed by atoms with van der Waals surface area (Å²) >= 11 is 5.64. The molecule has 0 aromatic heterocycles. The summed E-state index contributed by atoms with van der Waals surface area (Å²) in [5.41, 5.74) is 0.0190. The molecular formula is C13H18ClNO4S2. The Kier molecular flexibility index (Phi) is 4.68. The fourth-order valence-corrected chi connectivity index (χ4v) is 6.26. The standard InChI is InChI=1S/C13H18ClNO4S2/c1-13(7-9-20(16,17)10-13)15-21(18,19)12-4-2-11(3-5-12)6-8-14/h2-5,15H,6-10H2,1H3. The van der Waals surface area contributed by atoms with E-state index in [9.17, 15) is 16.8 Å². The summed E-state index contributed by atoms with van der Waals surface area (Å²) < 4.78 is 50.3. The van der Waals surface area contributed by atoms with Crippen molar-refractivity contribution in [3.8, 4) is 0 Å². The summed E-state index contributed by atoms with van der Waals surface area (Å²) in [6.07, 6.45) is 0.962. The minimum atomic E-state index is -3.73. The van der Waals surface area contributed by atoms with E-state index in [1.54, 1.807) is 19.1 Å². The Labute approximate surface area is 130 Å². The van der Waals surface area contributed by atoms with E-state index in [0.29, 0.717) is 18.7 Å². The third kappa shape index (κ3) is 4.18. The molecular weight excluding hydrogens is 334 g/mol. The quantitative estimate of drug-likeness (QED) is 0.811. The van der Waals surface area contributed by atoms with Crippen molar-refractivity contribution in [3.63, 3.8) is 0 Å². The molecule has 0 amide bonds. The summed E-state index contributed by atoms with van der Waals surface area (Å²) in [6, 6.07) is 6.45. The highest BCUT2D eigenvalue weighted by Gasteiger charge is 2.41. The topological polar surface area (TPSA) is 80.3 Å². The van der Waals surface area contributed by atoms with Gasteiger partial charge in [-0.05, 0) is 37.5 Å². The van der Waals surface area contributed by atoms with Gasteiger partial charge in [0.1, 0.15) is 0 Å². The number of nitrogens with one attached hydrogen (secondary N) is 1. The van der Waals surface area contributed by atoms with Gasteiger partial charge < -0.3 is 0 Å². The number of sulfonamides is 1. The van der Waals surface area contributed by atoms with E-state index in [1.807, 2.05) is 0 Å². The van der Waals surface area contributed by atoms with Crippen molar-refractivity contribution < 1.29 is 16.8 Å². The second kappa shape index (κ2) is 5.87. The summed E-state index contributed by atoms with van der Waals surface area (Å²) in [7, 11) is -6.90. The lowest BCUT2D eigenvalue weighted by Gasteiger charge is -2.23. The van der Waals surface area contributed by atoms with E-state index in [-0.39, 0.29) is 16.4 Å². The summed E-state index contributed by atoms with van der Waals surface area (Å²) in [6.45, 7) is 1.62. The van der Waals surface area contributed by atoms with Gasteiger partial charge in [0.15, 0.2) is 9.84 Å². The van der Waals surface area contributed by atoms with Crippen LogP contribution >= 0.6 is 11.6 Å².